The number of carboxylic acids is 1. The number of aromatic nitrogens is 2. The van der Waals surface area contributed by atoms with Gasteiger partial charge < -0.3 is 10.4 Å². The Bertz CT molecular complexity index is 607. The lowest BCUT2D eigenvalue weighted by Crippen LogP contribution is -2.29. The van der Waals surface area contributed by atoms with Gasteiger partial charge in [-0.3, -0.25) is 9.59 Å². The average molecular weight is 273 g/mol. The van der Waals surface area contributed by atoms with Crippen molar-refractivity contribution in [1.82, 2.24) is 15.1 Å². The average Bonchev–Trinajstić information content (AvgIpc) is 2.87. The van der Waals surface area contributed by atoms with Crippen LogP contribution < -0.4 is 5.32 Å². The maximum Gasteiger partial charge on any atom is 0.325 e. The van der Waals surface area contributed by atoms with Crippen LogP contribution in [-0.2, 0) is 11.3 Å². The lowest BCUT2D eigenvalue weighted by molar-refractivity contribution is -0.137. The Labute approximate surface area is 116 Å². The molecule has 6 nitrogen and oxygen atoms in total. The summed E-state index contributed by atoms with van der Waals surface area (Å²) in [5.74, 6) is -1.39. The highest BCUT2D eigenvalue weighted by molar-refractivity contribution is 5.93. The number of amides is 1. The molecule has 0 aliphatic rings. The molecule has 0 aliphatic carbocycles. The van der Waals surface area contributed by atoms with Crippen molar-refractivity contribution < 1.29 is 14.7 Å². The van der Waals surface area contributed by atoms with Gasteiger partial charge in [-0.2, -0.15) is 5.10 Å². The third kappa shape index (κ3) is 3.23. The molecular formula is C14H15N3O3. The Morgan fingerprint density at radius 2 is 2.00 bits per heavy atom. The Morgan fingerprint density at radius 1 is 1.30 bits per heavy atom. The van der Waals surface area contributed by atoms with Crippen molar-refractivity contribution in [1.29, 1.82) is 0 Å². The van der Waals surface area contributed by atoms with Gasteiger partial charge >= 0.3 is 5.97 Å². The number of carbonyl (C=O) groups is 2. The van der Waals surface area contributed by atoms with E-state index in [0.717, 1.165) is 10.2 Å². The van der Waals surface area contributed by atoms with Crippen molar-refractivity contribution in [2.45, 2.75) is 19.5 Å². The van der Waals surface area contributed by atoms with Crippen LogP contribution in [0.3, 0.4) is 0 Å². The minimum absolute atomic E-state index is 0.170. The summed E-state index contributed by atoms with van der Waals surface area (Å²) in [6, 6.07) is 10.9. The van der Waals surface area contributed by atoms with Crippen molar-refractivity contribution in [3.8, 4) is 0 Å². The fourth-order valence-electron chi connectivity index (χ4n) is 1.88. The molecule has 1 aromatic heterocycles. The van der Waals surface area contributed by atoms with Gasteiger partial charge in [0.15, 0.2) is 0 Å². The third-order valence-electron chi connectivity index (χ3n) is 2.88. The van der Waals surface area contributed by atoms with Gasteiger partial charge in [0.25, 0.3) is 5.91 Å². The van der Waals surface area contributed by atoms with E-state index in [1.807, 2.05) is 37.3 Å². The number of hydrogen-bond donors (Lipinski definition) is 2. The van der Waals surface area contributed by atoms with Crippen molar-refractivity contribution in [3.05, 3.63) is 53.9 Å². The second kappa shape index (κ2) is 6.01. The molecule has 0 spiro atoms. The van der Waals surface area contributed by atoms with Crippen LogP contribution in [0.5, 0.6) is 0 Å². The second-order valence-electron chi connectivity index (χ2n) is 4.37. The molecule has 104 valence electrons. The van der Waals surface area contributed by atoms with Gasteiger partial charge in [-0.05, 0) is 18.6 Å². The molecule has 0 bridgehead atoms. The van der Waals surface area contributed by atoms with E-state index >= 15 is 0 Å². The van der Waals surface area contributed by atoms with Crippen LogP contribution >= 0.6 is 0 Å². The van der Waals surface area contributed by atoms with Gasteiger partial charge in [-0.1, -0.05) is 30.3 Å². The van der Waals surface area contributed by atoms with E-state index in [9.17, 15) is 9.59 Å². The standard InChI is InChI=1S/C14H15N3O3/c1-10(11-5-3-2-4-6-11)16-14(20)12-7-8-15-17(12)9-13(18)19/h2-8,10H,9H2,1H3,(H,16,20)(H,18,19). The number of nitrogens with zero attached hydrogens (tertiary/aromatic N) is 2. The molecule has 20 heavy (non-hydrogen) atoms. The minimum atomic E-state index is -1.04. The van der Waals surface area contributed by atoms with Crippen LogP contribution in [0, 0.1) is 0 Å². The Morgan fingerprint density at radius 3 is 2.65 bits per heavy atom. The summed E-state index contributed by atoms with van der Waals surface area (Å²) in [6.45, 7) is 1.53. The highest BCUT2D eigenvalue weighted by atomic mass is 16.4. The Hall–Kier alpha value is -2.63. The molecule has 2 aromatic rings. The van der Waals surface area contributed by atoms with Gasteiger partial charge in [-0.15, -0.1) is 0 Å². The van der Waals surface area contributed by atoms with Crippen LogP contribution in [0.15, 0.2) is 42.6 Å². The first-order valence-electron chi connectivity index (χ1n) is 6.17. The molecule has 0 radical (unpaired) electrons. The number of benzene rings is 1. The first-order valence-corrected chi connectivity index (χ1v) is 6.17. The van der Waals surface area contributed by atoms with E-state index in [0.29, 0.717) is 0 Å². The minimum Gasteiger partial charge on any atom is -0.480 e. The summed E-state index contributed by atoms with van der Waals surface area (Å²) in [7, 11) is 0. The van der Waals surface area contributed by atoms with Gasteiger partial charge in [-0.25, -0.2) is 4.68 Å². The highest BCUT2D eigenvalue weighted by Gasteiger charge is 2.16. The smallest absolute Gasteiger partial charge is 0.325 e. The van der Waals surface area contributed by atoms with Gasteiger partial charge in [0.1, 0.15) is 12.2 Å². The fourth-order valence-corrected chi connectivity index (χ4v) is 1.88. The molecule has 1 heterocycles. The second-order valence-corrected chi connectivity index (χ2v) is 4.37. The van der Waals surface area contributed by atoms with Crippen LogP contribution in [0.2, 0.25) is 0 Å². The van der Waals surface area contributed by atoms with E-state index < -0.39 is 5.97 Å². The highest BCUT2D eigenvalue weighted by Crippen LogP contribution is 2.12. The normalized spacial score (nSPS) is 11.8. The number of rotatable bonds is 5. The number of nitrogens with one attached hydrogen (secondary N) is 1. The lowest BCUT2D eigenvalue weighted by atomic mass is 10.1. The first-order chi connectivity index (χ1) is 9.58. The summed E-state index contributed by atoms with van der Waals surface area (Å²) in [6.07, 6.45) is 1.41. The third-order valence-corrected chi connectivity index (χ3v) is 2.88. The quantitative estimate of drug-likeness (QED) is 0.863. The molecule has 0 aliphatic heterocycles. The predicted octanol–water partition coefficient (Wildman–Crippen LogP) is 1.46. The molecule has 6 heteroatoms. The van der Waals surface area contributed by atoms with E-state index in [-0.39, 0.29) is 24.2 Å². The van der Waals surface area contributed by atoms with Crippen LogP contribution in [0.4, 0.5) is 0 Å². The molecule has 1 amide bonds. The SMILES string of the molecule is CC(NC(=O)c1ccnn1CC(=O)O)c1ccccc1. The summed E-state index contributed by atoms with van der Waals surface area (Å²) in [4.78, 5) is 22.8. The van der Waals surface area contributed by atoms with Crippen LogP contribution in [0.25, 0.3) is 0 Å². The number of carbonyl (C=O) groups excluding carboxylic acids is 1. The van der Waals surface area contributed by atoms with Crippen LogP contribution in [-0.4, -0.2) is 26.8 Å². The summed E-state index contributed by atoms with van der Waals surface area (Å²) in [5, 5.41) is 15.4. The zero-order chi connectivity index (χ0) is 14.5. The summed E-state index contributed by atoms with van der Waals surface area (Å²) < 4.78 is 1.16. The van der Waals surface area contributed by atoms with Crippen LogP contribution in [0.1, 0.15) is 29.0 Å². The molecule has 0 saturated heterocycles. The van der Waals surface area contributed by atoms with Gasteiger partial charge in [0.2, 0.25) is 0 Å². The molecule has 0 saturated carbocycles. The van der Waals surface area contributed by atoms with Crippen molar-refractivity contribution in [3.63, 3.8) is 0 Å². The Balaban J connectivity index is 2.09. The van der Waals surface area contributed by atoms with E-state index in [1.54, 1.807) is 0 Å². The van der Waals surface area contributed by atoms with E-state index in [1.165, 1.54) is 12.3 Å². The fraction of sp³-hybridized carbons (Fsp3) is 0.214. The molecule has 2 N–H and O–H groups in total. The zero-order valence-corrected chi connectivity index (χ0v) is 11.0. The number of aliphatic carboxylic acids is 1. The van der Waals surface area contributed by atoms with Crippen molar-refractivity contribution >= 4 is 11.9 Å². The zero-order valence-electron chi connectivity index (χ0n) is 11.0. The monoisotopic (exact) mass is 273 g/mol. The summed E-state index contributed by atoms with van der Waals surface area (Å²) >= 11 is 0. The number of carboxylic acid groups (broad SMARTS) is 1. The van der Waals surface area contributed by atoms with E-state index in [4.69, 9.17) is 5.11 Å². The Kier molecular flexibility index (Phi) is 4.14. The van der Waals surface area contributed by atoms with Crippen molar-refractivity contribution in [2.24, 2.45) is 0 Å². The molecule has 1 unspecified atom stereocenters. The number of hydrogen-bond acceptors (Lipinski definition) is 3. The largest absolute Gasteiger partial charge is 0.480 e. The molecule has 1 aromatic carbocycles. The van der Waals surface area contributed by atoms with E-state index in [2.05, 4.69) is 10.4 Å². The van der Waals surface area contributed by atoms with Crippen molar-refractivity contribution in [2.75, 3.05) is 0 Å². The van der Waals surface area contributed by atoms with Gasteiger partial charge in [0, 0.05) is 6.20 Å². The maximum atomic E-state index is 12.1. The summed E-state index contributed by atoms with van der Waals surface area (Å²) in [5.41, 5.74) is 1.21. The predicted molar refractivity (Wildman–Crippen MR) is 72.2 cm³/mol. The molecular weight excluding hydrogens is 258 g/mol. The van der Waals surface area contributed by atoms with Gasteiger partial charge in [0.05, 0.1) is 6.04 Å². The molecule has 1 atom stereocenters. The molecule has 2 rings (SSSR count). The maximum absolute atomic E-state index is 12.1. The topological polar surface area (TPSA) is 84.2 Å². The first kappa shape index (κ1) is 13.8. The lowest BCUT2D eigenvalue weighted by Gasteiger charge is -2.14. The molecule has 0 fully saturated rings.